The van der Waals surface area contributed by atoms with E-state index in [1.807, 2.05) is 0 Å². The maximum absolute atomic E-state index is 7.28. The molecule has 0 radical (unpaired) electrons. The van der Waals surface area contributed by atoms with Gasteiger partial charge in [-0.05, 0) is 0 Å². The second-order valence-corrected chi connectivity index (χ2v) is 20.9. The van der Waals surface area contributed by atoms with Crippen LogP contribution in [0.3, 0.4) is 0 Å². The summed E-state index contributed by atoms with van der Waals surface area (Å²) in [4.78, 5) is 17.2. The van der Waals surface area contributed by atoms with E-state index < -0.39 is 0 Å². The van der Waals surface area contributed by atoms with E-state index in [1.165, 1.54) is 120 Å². The molecule has 0 saturated heterocycles. The van der Waals surface area contributed by atoms with Crippen molar-refractivity contribution in [2.75, 3.05) is 0 Å². The fraction of sp³-hybridized carbons (Fsp3) is 0.0256. The normalized spacial score (nSPS) is 12.1. The summed E-state index contributed by atoms with van der Waals surface area (Å²) in [7, 11) is 56.6. The topological polar surface area (TPSA) is 56.7 Å². The fourth-order valence-corrected chi connectivity index (χ4v) is 11.5. The molecule has 0 fully saturated rings. The van der Waals surface area contributed by atoms with Gasteiger partial charge in [-0.1, -0.05) is 0 Å². The van der Waals surface area contributed by atoms with Crippen LogP contribution in [0.1, 0.15) is 23.8 Å². The van der Waals surface area contributed by atoms with E-state index in [9.17, 15) is 0 Å². The first-order chi connectivity index (χ1) is 31.7. The molecule has 8 aromatic rings. The summed E-state index contributed by atoms with van der Waals surface area (Å²) in [6, 6.07) is 0. The number of furan rings is 1. The van der Waals surface area contributed by atoms with Crippen molar-refractivity contribution in [1.29, 1.82) is 0 Å². The van der Waals surface area contributed by atoms with Gasteiger partial charge in [-0.3, -0.25) is 0 Å². The Bertz CT molecular complexity index is 3570. The second-order valence-electron chi connectivity index (χ2n) is 20.9. The number of hydrogen-bond donors (Lipinski definition) is 0. The molecule has 0 saturated carbocycles. The van der Waals surface area contributed by atoms with Crippen LogP contribution >= 0.6 is 0 Å². The molecule has 0 N–H and O–H groups in total. The monoisotopic (exact) mass is 855 g/mol. The van der Waals surface area contributed by atoms with Crippen molar-refractivity contribution < 1.29 is 4.42 Å². The van der Waals surface area contributed by atoms with Gasteiger partial charge in [-0.25, -0.2) is 0 Å². The van der Waals surface area contributed by atoms with E-state index in [4.69, 9.17) is 26.9 Å². The fourth-order valence-electron chi connectivity index (χ4n) is 11.5. The van der Waals surface area contributed by atoms with Gasteiger partial charge in [0.15, 0.2) is 0 Å². The predicted molar refractivity (Wildman–Crippen MR) is 373 cm³/mol. The summed E-state index contributed by atoms with van der Waals surface area (Å²) in [5, 5.41) is 3.54. The van der Waals surface area contributed by atoms with Gasteiger partial charge in [0.25, 0.3) is 0 Å². The average molecular weight is 850 g/mol. The molecule has 8 rings (SSSR count). The average Bonchev–Trinajstić information content (AvgIpc) is 3.88. The van der Waals surface area contributed by atoms with Crippen LogP contribution < -0.4 is 115 Å². The summed E-state index contributed by atoms with van der Waals surface area (Å²) < 4.78 is 9.68. The van der Waals surface area contributed by atoms with Gasteiger partial charge in [-0.2, -0.15) is 0 Å². The van der Waals surface area contributed by atoms with Crippen LogP contribution in [0.4, 0.5) is 0 Å². The Kier molecular flexibility index (Phi) is 12.9. The predicted octanol–water partition coefficient (Wildman–Crippen LogP) is -30.1. The zero-order valence-corrected chi connectivity index (χ0v) is 45.9. The third-order valence-corrected chi connectivity index (χ3v) is 18.0. The van der Waals surface area contributed by atoms with E-state index in [2.05, 4.69) is 192 Å². The molecule has 0 aliphatic heterocycles. The second kappa shape index (κ2) is 17.5. The van der Waals surface area contributed by atoms with Crippen molar-refractivity contribution in [3.05, 3.63) is 22.4 Å². The molecule has 3 heterocycles. The number of benzene rings is 5. The van der Waals surface area contributed by atoms with Gasteiger partial charge in [0.05, 0.1) is 0 Å². The molecule has 0 spiro atoms. The van der Waals surface area contributed by atoms with Gasteiger partial charge in [0.2, 0.25) is 0 Å². The molecule has 0 aliphatic rings. The van der Waals surface area contributed by atoms with E-state index >= 15 is 0 Å². The molecule has 0 bridgehead atoms. The van der Waals surface area contributed by atoms with Gasteiger partial charge in [-0.15, -0.1) is 0 Å². The Balaban J connectivity index is 1.67. The standard InChI is InChI=1S/C39H50B24N4O/c1-2(40)10(41)36-6(11(42)8-15(46)21(52)26(57)22(53)16(8)47)3-7(14(45)25(56)32(63)35(3)68-36)37-64-38(9-17(48)23(54)27(58)24(55)18(9)49)66-39(65-37)67-33-4(12(43)19(50)28(59)30(33)61)5-13(44)20(51)29(60)31(62)34(5)67/h42H,40-41,43-63H2,1H3/b10-2-. The van der Waals surface area contributed by atoms with Crippen LogP contribution in [-0.4, -0.2) is 213 Å². The van der Waals surface area contributed by atoms with Crippen LogP contribution in [-0.2, 0) is 0 Å². The van der Waals surface area contributed by atoms with Gasteiger partial charge in [0, 0.05) is 0 Å². The number of allylic oxidation sites excluding steroid dienone is 1. The molecule has 5 nitrogen and oxygen atoms in total. The third-order valence-electron chi connectivity index (χ3n) is 18.0. The van der Waals surface area contributed by atoms with Crippen LogP contribution in [0.15, 0.2) is 9.89 Å². The molecular formula is C39H50B24N4O. The number of aromatic nitrogens is 4. The summed E-state index contributed by atoms with van der Waals surface area (Å²) >= 11 is 0. The van der Waals surface area contributed by atoms with Gasteiger partial charge < -0.3 is 0 Å². The zero-order chi connectivity index (χ0) is 50.3. The van der Waals surface area contributed by atoms with Gasteiger partial charge in [0.1, 0.15) is 15.7 Å². The molecule has 0 aliphatic carbocycles. The first-order valence-corrected chi connectivity index (χ1v) is 24.5. The summed E-state index contributed by atoms with van der Waals surface area (Å²) in [5.41, 5.74) is 36.8. The molecule has 29 heteroatoms. The summed E-state index contributed by atoms with van der Waals surface area (Å²) in [6.07, 6.45) is 0. The van der Waals surface area contributed by atoms with Crippen LogP contribution in [0.2, 0.25) is 0 Å². The minimum absolute atomic E-state index is 0.614. The van der Waals surface area contributed by atoms with Crippen molar-refractivity contribution in [3.63, 3.8) is 0 Å². The molecular weight excluding hydrogens is 800 g/mol. The Morgan fingerprint density at radius 1 is 0.397 bits per heavy atom. The molecule has 304 valence electrons. The number of hydrogen-bond acceptors (Lipinski definition) is 4. The van der Waals surface area contributed by atoms with Crippen molar-refractivity contribution in [2.24, 2.45) is 0 Å². The van der Waals surface area contributed by atoms with Crippen molar-refractivity contribution in [2.45, 2.75) is 6.92 Å². The van der Waals surface area contributed by atoms with Crippen molar-refractivity contribution >= 4 is 346 Å². The van der Waals surface area contributed by atoms with Crippen LogP contribution in [0.25, 0.3) is 67.0 Å². The molecule has 3 aromatic heterocycles. The van der Waals surface area contributed by atoms with Gasteiger partial charge >= 0.3 is 413 Å². The van der Waals surface area contributed by atoms with E-state index in [-0.39, 0.29) is 0 Å². The van der Waals surface area contributed by atoms with Crippen molar-refractivity contribution in [3.8, 4) is 28.7 Å². The first kappa shape index (κ1) is 50.0. The minimum atomic E-state index is 0.614. The molecule has 5 aromatic carbocycles. The van der Waals surface area contributed by atoms with E-state index in [0.717, 1.165) is 71.8 Å². The van der Waals surface area contributed by atoms with Crippen molar-refractivity contribution in [1.82, 2.24) is 19.5 Å². The number of fused-ring (bicyclic) bond motifs is 4. The SMILES string of the molecule is B=C(c1c(B)c(B)c(B)c(B)c1B)c1c(/C(B)=C(/B)C)oc2c(B)c(B)c(B)c(-c3nc(-c4c(B)c(B)c(B)c(B)c4B)nc(-n4c5c(B)c(B)c(B)c(B)c5c5c(B)c(B)c(B)c(B)c54)n3)c12. The number of rotatable bonds is 6. The Labute approximate surface area is 425 Å². The van der Waals surface area contributed by atoms with Crippen LogP contribution in [0.5, 0.6) is 0 Å². The molecule has 0 unspecified atom stereocenters. The Morgan fingerprint density at radius 3 is 1.19 bits per heavy atom. The Morgan fingerprint density at radius 2 is 0.750 bits per heavy atom. The maximum atomic E-state index is 7.28. The number of nitrogens with zero attached hydrogens (tertiary/aromatic N) is 4. The molecule has 0 atom stereocenters. The first-order valence-electron chi connectivity index (χ1n) is 24.5. The zero-order valence-electron chi connectivity index (χ0n) is 45.9. The molecule has 0 amide bonds. The summed E-state index contributed by atoms with van der Waals surface area (Å²) in [5.74, 6) is 2.75. The third kappa shape index (κ3) is 7.02. The summed E-state index contributed by atoms with van der Waals surface area (Å²) in [6.45, 7) is 2.17. The van der Waals surface area contributed by atoms with E-state index in [1.54, 1.807) is 0 Å². The van der Waals surface area contributed by atoms with E-state index in [0.29, 0.717) is 17.6 Å². The Hall–Kier alpha value is -4.38. The molecule has 68 heavy (non-hydrogen) atoms. The van der Waals surface area contributed by atoms with Crippen LogP contribution in [0, 0.1) is 0 Å². The quantitative estimate of drug-likeness (QED) is 0.156.